The highest BCUT2D eigenvalue weighted by atomic mass is 79.9. The number of hydrogen-bond acceptors (Lipinski definition) is 5. The molecule has 3 atom stereocenters. The van der Waals surface area contributed by atoms with E-state index in [1.54, 1.807) is 48.5 Å². The van der Waals surface area contributed by atoms with Gasteiger partial charge >= 0.3 is 12.0 Å². The summed E-state index contributed by atoms with van der Waals surface area (Å²) >= 11 is 9.26. The molecule has 1 aliphatic heterocycles. The van der Waals surface area contributed by atoms with Gasteiger partial charge in [0.25, 0.3) is 11.8 Å². The lowest BCUT2D eigenvalue weighted by atomic mass is 9.93. The van der Waals surface area contributed by atoms with Gasteiger partial charge in [0.1, 0.15) is 11.3 Å². The Bertz CT molecular complexity index is 1320. The molecule has 0 aromatic heterocycles. The van der Waals surface area contributed by atoms with Crippen LogP contribution in [-0.2, 0) is 14.4 Å². The first kappa shape index (κ1) is 24.5. The fraction of sp³-hybridized carbons (Fsp3) is 0.259. The molecule has 2 saturated carbocycles. The quantitative estimate of drug-likeness (QED) is 0.226. The second-order valence-electron chi connectivity index (χ2n) is 9.22. The van der Waals surface area contributed by atoms with Crippen molar-refractivity contribution in [2.45, 2.75) is 31.7 Å². The van der Waals surface area contributed by atoms with Gasteiger partial charge in [-0.15, -0.1) is 0 Å². The normalized spacial score (nSPS) is 24.6. The van der Waals surface area contributed by atoms with Crippen LogP contribution in [0, 0.1) is 11.8 Å². The maximum absolute atomic E-state index is 13.4. The lowest BCUT2D eigenvalue weighted by Crippen LogP contribution is -2.58. The van der Waals surface area contributed by atoms with Crippen molar-refractivity contribution in [1.29, 1.82) is 0 Å². The largest absolute Gasteiger partial charge is 0.423 e. The number of amides is 4. The minimum atomic E-state index is -0.774. The number of esters is 1. The molecule has 0 unspecified atom stereocenters. The number of nitrogens with one attached hydrogen (secondary N) is 1. The molecule has 2 bridgehead atoms. The predicted octanol–water partition coefficient (Wildman–Crippen LogP) is 5.37. The summed E-state index contributed by atoms with van der Waals surface area (Å²) in [6.07, 6.45) is 8.10. The first-order valence-electron chi connectivity index (χ1n) is 11.6. The van der Waals surface area contributed by atoms with Crippen molar-refractivity contribution < 1.29 is 23.9 Å². The van der Waals surface area contributed by atoms with E-state index in [1.165, 1.54) is 17.1 Å². The van der Waals surface area contributed by atoms with Gasteiger partial charge in [0.05, 0.1) is 0 Å². The number of imide groups is 2. The molecule has 7 nitrogen and oxygen atoms in total. The molecular formula is C27H22BrClN2O5. The summed E-state index contributed by atoms with van der Waals surface area (Å²) in [6, 6.07) is 11.0. The van der Waals surface area contributed by atoms with Crippen LogP contribution >= 0.6 is 27.5 Å². The molecule has 2 aliphatic carbocycles. The second-order valence-corrected chi connectivity index (χ2v) is 10.6. The Hall–Kier alpha value is -3.23. The summed E-state index contributed by atoms with van der Waals surface area (Å²) in [7, 11) is 0. The summed E-state index contributed by atoms with van der Waals surface area (Å²) in [6.45, 7) is 0. The average molecular weight is 570 g/mol. The van der Waals surface area contributed by atoms with E-state index in [0.717, 1.165) is 31.2 Å². The summed E-state index contributed by atoms with van der Waals surface area (Å²) in [5.74, 6) is -1.08. The molecule has 3 aliphatic rings. The molecule has 3 fully saturated rings. The molecule has 0 spiro atoms. The number of hydrogen-bond donors (Lipinski definition) is 1. The zero-order chi connectivity index (χ0) is 25.4. The van der Waals surface area contributed by atoms with Crippen LogP contribution in [0.2, 0.25) is 5.02 Å². The Morgan fingerprint density at radius 3 is 2.56 bits per heavy atom. The lowest BCUT2D eigenvalue weighted by Gasteiger charge is -2.35. The van der Waals surface area contributed by atoms with Gasteiger partial charge in [0, 0.05) is 27.2 Å². The highest BCUT2D eigenvalue weighted by molar-refractivity contribution is 9.10. The average Bonchev–Trinajstić information content (AvgIpc) is 3.47. The molecule has 0 radical (unpaired) electrons. The number of nitrogens with zero attached hydrogens (tertiary/aromatic N) is 1. The van der Waals surface area contributed by atoms with Crippen molar-refractivity contribution in [3.05, 3.63) is 74.7 Å². The van der Waals surface area contributed by atoms with E-state index in [4.69, 9.17) is 16.3 Å². The minimum Gasteiger partial charge on any atom is -0.423 e. The Morgan fingerprint density at radius 1 is 1.08 bits per heavy atom. The number of carbonyl (C=O) groups excluding carboxylic acids is 4. The van der Waals surface area contributed by atoms with Gasteiger partial charge in [-0.25, -0.2) is 9.59 Å². The van der Waals surface area contributed by atoms with Crippen molar-refractivity contribution in [2.24, 2.45) is 11.8 Å². The molecule has 1 N–H and O–H groups in total. The van der Waals surface area contributed by atoms with E-state index < -0.39 is 23.8 Å². The molecule has 9 heteroatoms. The molecular weight excluding hydrogens is 548 g/mol. The van der Waals surface area contributed by atoms with Gasteiger partial charge in [0.2, 0.25) is 0 Å². The molecule has 36 heavy (non-hydrogen) atoms. The van der Waals surface area contributed by atoms with E-state index in [-0.39, 0.29) is 23.3 Å². The number of carbonyl (C=O) groups is 4. The minimum absolute atomic E-state index is 0.167. The maximum atomic E-state index is 13.4. The smallest absolute Gasteiger partial charge is 0.336 e. The molecule has 184 valence electrons. The molecule has 5 rings (SSSR count). The zero-order valence-corrected chi connectivity index (χ0v) is 21.4. The maximum Gasteiger partial charge on any atom is 0.336 e. The fourth-order valence-electron chi connectivity index (χ4n) is 5.26. The molecule has 1 heterocycles. The van der Waals surface area contributed by atoms with E-state index in [0.29, 0.717) is 21.0 Å². The van der Waals surface area contributed by atoms with Gasteiger partial charge in [-0.3, -0.25) is 19.8 Å². The first-order valence-corrected chi connectivity index (χ1v) is 12.8. The highest BCUT2D eigenvalue weighted by Crippen LogP contribution is 2.47. The Morgan fingerprint density at radius 2 is 1.86 bits per heavy atom. The summed E-state index contributed by atoms with van der Waals surface area (Å²) in [5, 5.41) is 2.89. The van der Waals surface area contributed by atoms with Crippen molar-refractivity contribution >= 4 is 63.5 Å². The third-order valence-electron chi connectivity index (χ3n) is 6.93. The number of fused-ring (bicyclic) bond motifs is 2. The SMILES string of the molecule is O=C(/C=C/c1ccc(Cl)cc1)Oc1ccc(Br)cc1/C=C1/C(=O)NC(=O)N([C@@H]2C[C@H]3CC[C@H]2C3)C1=O. The van der Waals surface area contributed by atoms with E-state index in [1.807, 2.05) is 0 Å². The third-order valence-corrected chi connectivity index (χ3v) is 7.67. The van der Waals surface area contributed by atoms with E-state index >= 15 is 0 Å². The first-order chi connectivity index (χ1) is 17.3. The molecule has 2 aromatic rings. The predicted molar refractivity (Wildman–Crippen MR) is 138 cm³/mol. The molecule has 1 saturated heterocycles. The van der Waals surface area contributed by atoms with Gasteiger partial charge < -0.3 is 4.74 Å². The Balaban J connectivity index is 1.39. The van der Waals surface area contributed by atoms with Gasteiger partial charge in [-0.05, 0) is 79.1 Å². The zero-order valence-electron chi connectivity index (χ0n) is 19.1. The van der Waals surface area contributed by atoms with Crippen LogP contribution in [0.1, 0.15) is 36.8 Å². The summed E-state index contributed by atoms with van der Waals surface area (Å²) < 4.78 is 6.17. The van der Waals surface area contributed by atoms with Crippen molar-refractivity contribution in [3.8, 4) is 5.75 Å². The monoisotopic (exact) mass is 568 g/mol. The second kappa shape index (κ2) is 10.0. The standard InChI is InChI=1S/C27H22BrClN2O5/c28-19-6-9-23(36-24(32)10-4-15-2-7-20(29)8-3-15)18(13-19)14-21-25(33)30-27(35)31(26(21)34)22-12-16-1-5-17(22)11-16/h2-4,6-10,13-14,16-17,22H,1,5,11-12H2,(H,30,33,35)/b10-4+,21-14-/t16-,17-,22+/m0/s1. The number of rotatable bonds is 5. The third kappa shape index (κ3) is 5.01. The van der Waals surface area contributed by atoms with Crippen LogP contribution in [0.4, 0.5) is 4.79 Å². The number of benzene rings is 2. The Labute approximate surface area is 221 Å². The molecule has 2 aromatic carbocycles. The van der Waals surface area contributed by atoms with Crippen molar-refractivity contribution in [2.75, 3.05) is 0 Å². The number of barbiturate groups is 1. The van der Waals surface area contributed by atoms with Gasteiger partial charge in [-0.2, -0.15) is 0 Å². The molecule has 4 amide bonds. The summed E-state index contributed by atoms with van der Waals surface area (Å²) in [5.41, 5.74) is 0.937. The highest BCUT2D eigenvalue weighted by Gasteiger charge is 2.49. The number of halogens is 2. The van der Waals surface area contributed by atoms with Crippen LogP contribution in [0.25, 0.3) is 12.2 Å². The van der Waals surface area contributed by atoms with Gasteiger partial charge in [-0.1, -0.05) is 46.1 Å². The van der Waals surface area contributed by atoms with Crippen LogP contribution in [-0.4, -0.2) is 34.8 Å². The fourth-order valence-corrected chi connectivity index (χ4v) is 5.77. The topological polar surface area (TPSA) is 92.8 Å². The van der Waals surface area contributed by atoms with Crippen LogP contribution in [0.5, 0.6) is 5.75 Å². The van der Waals surface area contributed by atoms with Gasteiger partial charge in [0.15, 0.2) is 0 Å². The van der Waals surface area contributed by atoms with E-state index in [2.05, 4.69) is 21.2 Å². The lowest BCUT2D eigenvalue weighted by molar-refractivity contribution is -0.132. The number of ether oxygens (including phenoxy) is 1. The van der Waals surface area contributed by atoms with Crippen molar-refractivity contribution in [1.82, 2.24) is 10.2 Å². The van der Waals surface area contributed by atoms with Crippen molar-refractivity contribution in [3.63, 3.8) is 0 Å². The van der Waals surface area contributed by atoms with Crippen LogP contribution < -0.4 is 10.1 Å². The number of urea groups is 1. The summed E-state index contributed by atoms with van der Waals surface area (Å²) in [4.78, 5) is 52.3. The van der Waals surface area contributed by atoms with E-state index in [9.17, 15) is 19.2 Å². The Kier molecular flexibility index (Phi) is 6.81. The van der Waals surface area contributed by atoms with Crippen LogP contribution in [0.15, 0.2) is 58.6 Å². The van der Waals surface area contributed by atoms with Crippen LogP contribution in [0.3, 0.4) is 0 Å².